The van der Waals surface area contributed by atoms with Crippen molar-refractivity contribution in [2.75, 3.05) is 0 Å². The van der Waals surface area contributed by atoms with Crippen molar-refractivity contribution >= 4 is 5.91 Å². The second-order valence-corrected chi connectivity index (χ2v) is 6.51. The van der Waals surface area contributed by atoms with Crippen LogP contribution in [0, 0.1) is 20.8 Å². The van der Waals surface area contributed by atoms with Gasteiger partial charge < -0.3 is 10.3 Å². The Morgan fingerprint density at radius 3 is 2.42 bits per heavy atom. The number of H-pyrrole nitrogens is 1. The zero-order valence-corrected chi connectivity index (χ0v) is 15.0. The first kappa shape index (κ1) is 17.6. The first-order valence-electron chi connectivity index (χ1n) is 8.42. The van der Waals surface area contributed by atoms with Gasteiger partial charge in [-0.15, -0.1) is 0 Å². The number of amides is 1. The van der Waals surface area contributed by atoms with Crippen LogP contribution in [0.5, 0.6) is 0 Å². The summed E-state index contributed by atoms with van der Waals surface area (Å²) in [5.74, 6) is -0.417. The number of rotatable bonds is 4. The van der Waals surface area contributed by atoms with Crippen molar-refractivity contribution in [2.45, 2.75) is 26.8 Å². The number of carbonyl (C=O) groups excluding carboxylic acids is 1. The van der Waals surface area contributed by atoms with Crippen LogP contribution in [0.2, 0.25) is 0 Å². The highest BCUT2D eigenvalue weighted by Crippen LogP contribution is 2.24. The molecule has 0 aliphatic heterocycles. The lowest BCUT2D eigenvalue weighted by molar-refractivity contribution is 0.0941. The predicted octanol–water partition coefficient (Wildman–Crippen LogP) is 3.21. The first-order chi connectivity index (χ1) is 12.4. The molecule has 0 aliphatic rings. The highest BCUT2D eigenvalue weighted by atomic mass is 16.2. The molecule has 26 heavy (non-hydrogen) atoms. The third-order valence-corrected chi connectivity index (χ3v) is 4.17. The summed E-state index contributed by atoms with van der Waals surface area (Å²) in [6, 6.07) is 10.9. The minimum absolute atomic E-state index is 0.0915. The van der Waals surface area contributed by atoms with Gasteiger partial charge in [-0.1, -0.05) is 35.4 Å². The van der Waals surface area contributed by atoms with E-state index >= 15 is 0 Å². The van der Waals surface area contributed by atoms with E-state index in [2.05, 4.69) is 21.4 Å². The maximum absolute atomic E-state index is 12.8. The van der Waals surface area contributed by atoms with E-state index in [1.807, 2.05) is 38.1 Å². The zero-order chi connectivity index (χ0) is 18.7. The maximum Gasteiger partial charge on any atom is 0.257 e. The second-order valence-electron chi connectivity index (χ2n) is 6.51. The van der Waals surface area contributed by atoms with Crippen LogP contribution >= 0.6 is 0 Å². The molecule has 2 N–H and O–H groups in total. The minimum Gasteiger partial charge on any atom is -0.364 e. The van der Waals surface area contributed by atoms with Crippen LogP contribution in [0.15, 0.2) is 59.8 Å². The number of carbonyl (C=O) groups is 1. The summed E-state index contributed by atoms with van der Waals surface area (Å²) in [5.41, 5.74) is 4.53. The molecule has 2 heterocycles. The van der Waals surface area contributed by atoms with Crippen molar-refractivity contribution in [1.82, 2.24) is 15.3 Å². The Morgan fingerprint density at radius 2 is 1.81 bits per heavy atom. The number of hydrogen-bond acceptors (Lipinski definition) is 3. The number of nitrogens with zero attached hydrogens (tertiary/aromatic N) is 1. The number of pyridine rings is 2. The second kappa shape index (κ2) is 7.35. The molecule has 0 radical (unpaired) electrons. The molecule has 0 fully saturated rings. The van der Waals surface area contributed by atoms with Gasteiger partial charge in [0.1, 0.15) is 5.56 Å². The van der Waals surface area contributed by atoms with Crippen LogP contribution in [0.25, 0.3) is 0 Å². The third kappa shape index (κ3) is 3.88. The normalized spacial score (nSPS) is 11.8. The predicted molar refractivity (Wildman–Crippen MR) is 101 cm³/mol. The average Bonchev–Trinajstić information content (AvgIpc) is 2.59. The highest BCUT2D eigenvalue weighted by molar-refractivity contribution is 5.94. The van der Waals surface area contributed by atoms with Gasteiger partial charge in [0.15, 0.2) is 5.43 Å². The van der Waals surface area contributed by atoms with Gasteiger partial charge >= 0.3 is 0 Å². The Bertz CT molecular complexity index is 973. The smallest absolute Gasteiger partial charge is 0.257 e. The van der Waals surface area contributed by atoms with E-state index in [1.165, 1.54) is 12.3 Å². The molecule has 0 bridgehead atoms. The van der Waals surface area contributed by atoms with E-state index in [0.29, 0.717) is 5.69 Å². The van der Waals surface area contributed by atoms with Crippen LogP contribution in [-0.2, 0) is 0 Å². The lowest BCUT2D eigenvalue weighted by Crippen LogP contribution is -2.33. The van der Waals surface area contributed by atoms with Crippen LogP contribution in [0.1, 0.15) is 44.3 Å². The standard InChI is InChI=1S/C21H21N3O2/c1-13-7-14(2)9-17(8-13)20(16-5-4-6-22-11-16)24-21(26)18-12-23-15(3)10-19(18)25/h4-12,20H,1-3H3,(H,23,25)(H,24,26). The van der Waals surface area contributed by atoms with Gasteiger partial charge in [0.05, 0.1) is 6.04 Å². The average molecular weight is 347 g/mol. The van der Waals surface area contributed by atoms with Crippen molar-refractivity contribution < 1.29 is 4.79 Å². The Morgan fingerprint density at radius 1 is 1.08 bits per heavy atom. The van der Waals surface area contributed by atoms with Crippen molar-refractivity contribution in [3.63, 3.8) is 0 Å². The zero-order valence-electron chi connectivity index (χ0n) is 15.0. The van der Waals surface area contributed by atoms with Crippen LogP contribution in [0.3, 0.4) is 0 Å². The van der Waals surface area contributed by atoms with Gasteiger partial charge in [-0.25, -0.2) is 0 Å². The molecule has 0 saturated heterocycles. The molecule has 1 amide bonds. The summed E-state index contributed by atoms with van der Waals surface area (Å²) < 4.78 is 0. The molecule has 3 rings (SSSR count). The van der Waals surface area contributed by atoms with Crippen molar-refractivity contribution in [2.24, 2.45) is 0 Å². The molecular formula is C21H21N3O2. The van der Waals surface area contributed by atoms with Gasteiger partial charge in [-0.05, 0) is 38.0 Å². The molecule has 1 unspecified atom stereocenters. The molecule has 0 saturated carbocycles. The summed E-state index contributed by atoms with van der Waals surface area (Å²) >= 11 is 0. The summed E-state index contributed by atoms with van der Waals surface area (Å²) in [5, 5.41) is 2.98. The fourth-order valence-electron chi connectivity index (χ4n) is 3.04. The lowest BCUT2D eigenvalue weighted by atomic mass is 9.96. The molecule has 1 aromatic carbocycles. The molecule has 5 heteroatoms. The number of aryl methyl sites for hydroxylation is 3. The lowest BCUT2D eigenvalue weighted by Gasteiger charge is -2.20. The molecular weight excluding hydrogens is 326 g/mol. The van der Waals surface area contributed by atoms with E-state index in [4.69, 9.17) is 0 Å². The van der Waals surface area contributed by atoms with Gasteiger partial charge in [0.2, 0.25) is 0 Å². The molecule has 0 aliphatic carbocycles. The van der Waals surface area contributed by atoms with E-state index in [9.17, 15) is 9.59 Å². The van der Waals surface area contributed by atoms with Gasteiger partial charge in [0, 0.05) is 30.4 Å². The number of benzene rings is 1. The first-order valence-corrected chi connectivity index (χ1v) is 8.42. The number of hydrogen-bond donors (Lipinski definition) is 2. The third-order valence-electron chi connectivity index (χ3n) is 4.17. The van der Waals surface area contributed by atoms with E-state index in [1.54, 1.807) is 19.3 Å². The fraction of sp³-hybridized carbons (Fsp3) is 0.190. The quantitative estimate of drug-likeness (QED) is 0.761. The molecule has 0 spiro atoms. The monoisotopic (exact) mass is 347 g/mol. The van der Waals surface area contributed by atoms with Crippen LogP contribution in [-0.4, -0.2) is 15.9 Å². The number of aromatic nitrogens is 2. The van der Waals surface area contributed by atoms with Gasteiger partial charge in [-0.3, -0.25) is 14.6 Å². The van der Waals surface area contributed by atoms with E-state index in [0.717, 1.165) is 22.3 Å². The molecule has 2 aromatic heterocycles. The Kier molecular flexibility index (Phi) is 4.98. The fourth-order valence-corrected chi connectivity index (χ4v) is 3.04. The van der Waals surface area contributed by atoms with Crippen molar-refractivity contribution in [1.29, 1.82) is 0 Å². The summed E-state index contributed by atoms with van der Waals surface area (Å²) in [4.78, 5) is 32.0. The minimum atomic E-state index is -0.417. The number of aromatic amines is 1. The van der Waals surface area contributed by atoms with Crippen molar-refractivity contribution in [3.05, 3.63) is 98.7 Å². The molecule has 5 nitrogen and oxygen atoms in total. The molecule has 3 aromatic rings. The Labute approximate surface area is 152 Å². The van der Waals surface area contributed by atoms with Crippen molar-refractivity contribution in [3.8, 4) is 0 Å². The van der Waals surface area contributed by atoms with Crippen LogP contribution in [0.4, 0.5) is 0 Å². The molecule has 132 valence electrons. The summed E-state index contributed by atoms with van der Waals surface area (Å²) in [6.45, 7) is 5.81. The maximum atomic E-state index is 12.8. The SMILES string of the molecule is Cc1cc(C)cc(C(NC(=O)c2c[nH]c(C)cc2=O)c2cccnc2)c1. The molecule has 1 atom stereocenters. The highest BCUT2D eigenvalue weighted by Gasteiger charge is 2.20. The van der Waals surface area contributed by atoms with E-state index < -0.39 is 11.9 Å². The van der Waals surface area contributed by atoms with Gasteiger partial charge in [-0.2, -0.15) is 0 Å². The topological polar surface area (TPSA) is 74.8 Å². The Hall–Kier alpha value is -3.21. The Balaban J connectivity index is 2.01. The van der Waals surface area contributed by atoms with E-state index in [-0.39, 0.29) is 11.0 Å². The largest absolute Gasteiger partial charge is 0.364 e. The van der Waals surface area contributed by atoms with Crippen LogP contribution < -0.4 is 10.7 Å². The summed E-state index contributed by atoms with van der Waals surface area (Å²) in [7, 11) is 0. The van der Waals surface area contributed by atoms with Gasteiger partial charge in [0.25, 0.3) is 5.91 Å². The number of nitrogens with one attached hydrogen (secondary N) is 2. The summed E-state index contributed by atoms with van der Waals surface area (Å²) in [6.07, 6.45) is 4.87.